The van der Waals surface area contributed by atoms with Crippen LogP contribution in [-0.2, 0) is 5.54 Å². The maximum atomic E-state index is 13.3. The SMILES string of the molecule is CCC(C)(N)c1ccc(OC)c(F)c1. The summed E-state index contributed by atoms with van der Waals surface area (Å²) in [6.07, 6.45) is 0.763. The van der Waals surface area contributed by atoms with Crippen LogP contribution < -0.4 is 10.5 Å². The standard InChI is InChI=1S/C11H16FNO/c1-4-11(2,13)8-5-6-10(14-3)9(12)7-8/h5-7H,4,13H2,1-3H3. The van der Waals surface area contributed by atoms with Crippen molar-refractivity contribution in [1.29, 1.82) is 0 Å². The first kappa shape index (κ1) is 11.0. The Hall–Kier alpha value is -1.09. The number of rotatable bonds is 3. The fourth-order valence-corrected chi connectivity index (χ4v) is 1.23. The van der Waals surface area contributed by atoms with Gasteiger partial charge in [-0.2, -0.15) is 0 Å². The summed E-state index contributed by atoms with van der Waals surface area (Å²) in [4.78, 5) is 0. The average molecular weight is 197 g/mol. The van der Waals surface area contributed by atoms with E-state index in [1.165, 1.54) is 13.2 Å². The first-order chi connectivity index (χ1) is 6.51. The number of benzene rings is 1. The van der Waals surface area contributed by atoms with E-state index >= 15 is 0 Å². The normalized spacial score (nSPS) is 14.9. The van der Waals surface area contributed by atoms with E-state index < -0.39 is 5.54 Å². The quantitative estimate of drug-likeness (QED) is 0.807. The molecular formula is C11H16FNO. The lowest BCUT2D eigenvalue weighted by Crippen LogP contribution is -2.31. The van der Waals surface area contributed by atoms with Crippen LogP contribution in [0.4, 0.5) is 4.39 Å². The largest absolute Gasteiger partial charge is 0.494 e. The Bertz CT molecular complexity index is 323. The molecule has 1 rings (SSSR count). The second kappa shape index (κ2) is 3.96. The Labute approximate surface area is 83.9 Å². The Kier molecular flexibility index (Phi) is 3.11. The van der Waals surface area contributed by atoms with Crippen LogP contribution in [0.1, 0.15) is 25.8 Å². The average Bonchev–Trinajstić information content (AvgIpc) is 2.17. The van der Waals surface area contributed by atoms with E-state index in [1.807, 2.05) is 13.8 Å². The van der Waals surface area contributed by atoms with Crippen molar-refractivity contribution in [2.24, 2.45) is 5.73 Å². The first-order valence-corrected chi connectivity index (χ1v) is 4.64. The molecule has 78 valence electrons. The van der Waals surface area contributed by atoms with Crippen LogP contribution >= 0.6 is 0 Å². The van der Waals surface area contributed by atoms with Crippen LogP contribution in [0, 0.1) is 5.82 Å². The number of ether oxygens (including phenoxy) is 1. The zero-order chi connectivity index (χ0) is 10.8. The van der Waals surface area contributed by atoms with E-state index in [-0.39, 0.29) is 11.6 Å². The van der Waals surface area contributed by atoms with E-state index in [2.05, 4.69) is 0 Å². The molecule has 0 saturated carbocycles. The minimum atomic E-state index is -0.479. The van der Waals surface area contributed by atoms with Gasteiger partial charge in [-0.05, 0) is 31.0 Å². The van der Waals surface area contributed by atoms with Crippen LogP contribution in [0.2, 0.25) is 0 Å². The van der Waals surface area contributed by atoms with Crippen LogP contribution in [0.3, 0.4) is 0 Å². The molecule has 2 nitrogen and oxygen atoms in total. The maximum absolute atomic E-state index is 13.3. The van der Waals surface area contributed by atoms with Crippen molar-refractivity contribution in [1.82, 2.24) is 0 Å². The minimum absolute atomic E-state index is 0.251. The molecule has 2 N–H and O–H groups in total. The predicted molar refractivity (Wildman–Crippen MR) is 54.8 cm³/mol. The Morgan fingerprint density at radius 2 is 2.14 bits per heavy atom. The number of methoxy groups -OCH3 is 1. The minimum Gasteiger partial charge on any atom is -0.494 e. The van der Waals surface area contributed by atoms with Crippen molar-refractivity contribution >= 4 is 0 Å². The Morgan fingerprint density at radius 3 is 2.57 bits per heavy atom. The van der Waals surface area contributed by atoms with Gasteiger partial charge in [-0.25, -0.2) is 4.39 Å². The molecule has 0 spiro atoms. The van der Waals surface area contributed by atoms with Crippen molar-refractivity contribution in [3.8, 4) is 5.75 Å². The van der Waals surface area contributed by atoms with Crippen molar-refractivity contribution in [3.05, 3.63) is 29.6 Å². The third kappa shape index (κ3) is 2.04. The first-order valence-electron chi connectivity index (χ1n) is 4.64. The van der Waals surface area contributed by atoms with E-state index in [0.29, 0.717) is 0 Å². The molecule has 0 heterocycles. The van der Waals surface area contributed by atoms with Crippen molar-refractivity contribution in [2.75, 3.05) is 7.11 Å². The van der Waals surface area contributed by atoms with Gasteiger partial charge in [0.2, 0.25) is 0 Å². The number of nitrogens with two attached hydrogens (primary N) is 1. The van der Waals surface area contributed by atoms with Crippen LogP contribution in [0.15, 0.2) is 18.2 Å². The van der Waals surface area contributed by atoms with Gasteiger partial charge in [-0.15, -0.1) is 0 Å². The molecule has 1 aromatic rings. The second-order valence-corrected chi connectivity index (χ2v) is 3.62. The molecule has 0 aliphatic carbocycles. The lowest BCUT2D eigenvalue weighted by molar-refractivity contribution is 0.383. The fourth-order valence-electron chi connectivity index (χ4n) is 1.23. The molecule has 0 saturated heterocycles. The van der Waals surface area contributed by atoms with Gasteiger partial charge in [0, 0.05) is 5.54 Å². The highest BCUT2D eigenvalue weighted by Gasteiger charge is 2.19. The van der Waals surface area contributed by atoms with Gasteiger partial charge in [0.1, 0.15) is 0 Å². The maximum Gasteiger partial charge on any atom is 0.165 e. The molecule has 0 amide bonds. The number of halogens is 1. The smallest absolute Gasteiger partial charge is 0.165 e. The summed E-state index contributed by atoms with van der Waals surface area (Å²) >= 11 is 0. The molecule has 0 aromatic heterocycles. The lowest BCUT2D eigenvalue weighted by atomic mass is 9.90. The molecule has 14 heavy (non-hydrogen) atoms. The summed E-state index contributed by atoms with van der Waals surface area (Å²) in [6.45, 7) is 3.86. The van der Waals surface area contributed by atoms with Gasteiger partial charge < -0.3 is 10.5 Å². The zero-order valence-electron chi connectivity index (χ0n) is 8.80. The third-order valence-corrected chi connectivity index (χ3v) is 2.55. The highest BCUT2D eigenvalue weighted by atomic mass is 19.1. The van der Waals surface area contributed by atoms with Gasteiger partial charge in [-0.3, -0.25) is 0 Å². The number of hydrogen-bond acceptors (Lipinski definition) is 2. The molecule has 0 bridgehead atoms. The van der Waals surface area contributed by atoms with Crippen molar-refractivity contribution in [3.63, 3.8) is 0 Å². The van der Waals surface area contributed by atoms with Crippen molar-refractivity contribution in [2.45, 2.75) is 25.8 Å². The van der Waals surface area contributed by atoms with Crippen LogP contribution in [0.5, 0.6) is 5.75 Å². The highest BCUT2D eigenvalue weighted by Crippen LogP contribution is 2.25. The Balaban J connectivity index is 3.08. The molecule has 3 heteroatoms. The monoisotopic (exact) mass is 197 g/mol. The van der Waals surface area contributed by atoms with E-state index in [9.17, 15) is 4.39 Å². The molecule has 0 aliphatic rings. The zero-order valence-corrected chi connectivity index (χ0v) is 8.80. The van der Waals surface area contributed by atoms with Crippen LogP contribution in [0.25, 0.3) is 0 Å². The van der Waals surface area contributed by atoms with E-state index in [4.69, 9.17) is 10.5 Å². The van der Waals surface area contributed by atoms with Gasteiger partial charge >= 0.3 is 0 Å². The van der Waals surface area contributed by atoms with E-state index in [0.717, 1.165) is 12.0 Å². The summed E-state index contributed by atoms with van der Waals surface area (Å²) in [5, 5.41) is 0. The highest BCUT2D eigenvalue weighted by molar-refractivity contribution is 5.32. The summed E-state index contributed by atoms with van der Waals surface area (Å²) in [5.41, 5.74) is 6.30. The Morgan fingerprint density at radius 1 is 1.50 bits per heavy atom. The van der Waals surface area contributed by atoms with Gasteiger partial charge in [-0.1, -0.05) is 13.0 Å². The molecule has 1 unspecified atom stereocenters. The molecule has 1 atom stereocenters. The van der Waals surface area contributed by atoms with Gasteiger partial charge in [0.25, 0.3) is 0 Å². The summed E-state index contributed by atoms with van der Waals surface area (Å²) < 4.78 is 18.2. The third-order valence-electron chi connectivity index (χ3n) is 2.55. The summed E-state index contributed by atoms with van der Waals surface area (Å²) in [5.74, 6) is -0.115. The van der Waals surface area contributed by atoms with Gasteiger partial charge in [0.05, 0.1) is 7.11 Å². The van der Waals surface area contributed by atoms with E-state index in [1.54, 1.807) is 12.1 Å². The molecular weight excluding hydrogens is 181 g/mol. The molecule has 0 aliphatic heterocycles. The topological polar surface area (TPSA) is 35.2 Å². The summed E-state index contributed by atoms with van der Waals surface area (Å²) in [6, 6.07) is 4.83. The molecule has 1 aromatic carbocycles. The van der Waals surface area contributed by atoms with Crippen molar-refractivity contribution < 1.29 is 9.13 Å². The lowest BCUT2D eigenvalue weighted by Gasteiger charge is -2.23. The molecule has 0 fully saturated rings. The predicted octanol–water partition coefficient (Wildman–Crippen LogP) is 2.42. The van der Waals surface area contributed by atoms with Crippen LogP contribution in [-0.4, -0.2) is 7.11 Å². The number of hydrogen-bond donors (Lipinski definition) is 1. The second-order valence-electron chi connectivity index (χ2n) is 3.62. The fraction of sp³-hybridized carbons (Fsp3) is 0.455. The van der Waals surface area contributed by atoms with Gasteiger partial charge in [0.15, 0.2) is 11.6 Å². The molecule has 0 radical (unpaired) electrons. The summed E-state index contributed by atoms with van der Waals surface area (Å²) in [7, 11) is 1.44.